The highest BCUT2D eigenvalue weighted by atomic mass is 32.1. The van der Waals surface area contributed by atoms with Gasteiger partial charge in [-0.1, -0.05) is 0 Å². The summed E-state index contributed by atoms with van der Waals surface area (Å²) < 4.78 is 32.7. The second-order valence-electron chi connectivity index (χ2n) is 6.86. The van der Waals surface area contributed by atoms with E-state index >= 15 is 0 Å². The van der Waals surface area contributed by atoms with Gasteiger partial charge >= 0.3 is 0 Å². The molecule has 0 aliphatic rings. The Bertz CT molecular complexity index is 1610. The van der Waals surface area contributed by atoms with Crippen molar-refractivity contribution in [2.45, 2.75) is 0 Å². The van der Waals surface area contributed by atoms with Crippen LogP contribution in [0.4, 0.5) is 8.78 Å². The van der Waals surface area contributed by atoms with Crippen LogP contribution in [-0.4, -0.2) is 0 Å². The first-order valence-corrected chi connectivity index (χ1v) is 12.0. The SMILES string of the molecule is Fc1cc2c3cc(F)sc3c3cc4c(cc3c2s1)c1sccc1c1ccsc14. The summed E-state index contributed by atoms with van der Waals surface area (Å²) in [6, 6.07) is 11.8. The van der Waals surface area contributed by atoms with Gasteiger partial charge in [0.05, 0.1) is 0 Å². The number of thiophene rings is 4. The first kappa shape index (κ1) is 15.8. The zero-order valence-electron chi connectivity index (χ0n) is 14.0. The van der Waals surface area contributed by atoms with Crippen LogP contribution in [0.2, 0.25) is 0 Å². The number of hydrogen-bond donors (Lipinski definition) is 0. The molecule has 0 aliphatic heterocycles. The minimum absolute atomic E-state index is 0.231. The Balaban J connectivity index is 1.86. The van der Waals surface area contributed by atoms with Gasteiger partial charge in [-0.15, -0.1) is 45.3 Å². The fraction of sp³-hybridized carbons (Fsp3) is 0. The second-order valence-corrected chi connectivity index (χ2v) is 10.7. The van der Waals surface area contributed by atoms with Gasteiger partial charge in [0.1, 0.15) is 0 Å². The van der Waals surface area contributed by atoms with E-state index < -0.39 is 0 Å². The molecule has 0 spiro atoms. The van der Waals surface area contributed by atoms with Crippen LogP contribution in [0, 0.1) is 10.3 Å². The second kappa shape index (κ2) is 5.27. The summed E-state index contributed by atoms with van der Waals surface area (Å²) in [4.78, 5) is 0. The standard InChI is InChI=1S/C22H8F2S4/c23-17-7-15-16-8-18(24)28-22(16)14-6-12-11(5-13(14)21(15)27-17)19-9(1-3-25-19)10-2-4-26-20(10)12/h1-8H. The van der Waals surface area contributed by atoms with E-state index in [1.165, 1.54) is 30.9 Å². The van der Waals surface area contributed by atoms with E-state index in [2.05, 4.69) is 35.0 Å². The number of hydrogen-bond acceptors (Lipinski definition) is 4. The van der Waals surface area contributed by atoms with E-state index in [0.29, 0.717) is 0 Å². The minimum Gasteiger partial charge on any atom is -0.195 e. The molecule has 0 radical (unpaired) electrons. The average molecular weight is 439 g/mol. The molecule has 0 unspecified atom stereocenters. The number of rotatable bonds is 0. The van der Waals surface area contributed by atoms with Crippen molar-refractivity contribution < 1.29 is 8.78 Å². The highest BCUT2D eigenvalue weighted by Crippen LogP contribution is 2.47. The van der Waals surface area contributed by atoms with Crippen LogP contribution in [0.3, 0.4) is 0 Å². The predicted octanol–water partition coefficient (Wildman–Crippen LogP) is 9.13. The molecule has 0 nitrogen and oxygen atoms in total. The molecule has 0 amide bonds. The molecular formula is C22H8F2S4. The van der Waals surface area contributed by atoms with E-state index in [-0.39, 0.29) is 10.3 Å². The van der Waals surface area contributed by atoms with Crippen molar-refractivity contribution >= 4 is 107 Å². The smallest absolute Gasteiger partial charge is 0.177 e. The zero-order valence-corrected chi connectivity index (χ0v) is 17.3. The van der Waals surface area contributed by atoms with Gasteiger partial charge in [-0.25, -0.2) is 0 Å². The van der Waals surface area contributed by atoms with E-state index in [9.17, 15) is 8.78 Å². The van der Waals surface area contributed by atoms with Gasteiger partial charge in [-0.2, -0.15) is 8.78 Å². The summed E-state index contributed by atoms with van der Waals surface area (Å²) in [5, 5.41) is 12.4. The lowest BCUT2D eigenvalue weighted by Gasteiger charge is -2.08. The van der Waals surface area contributed by atoms with E-state index in [1.54, 1.807) is 34.8 Å². The van der Waals surface area contributed by atoms with Crippen LogP contribution in [-0.2, 0) is 0 Å². The van der Waals surface area contributed by atoms with Gasteiger partial charge in [0, 0.05) is 61.9 Å². The molecule has 6 heteroatoms. The van der Waals surface area contributed by atoms with Gasteiger partial charge < -0.3 is 0 Å². The maximum atomic E-state index is 14.2. The first-order chi connectivity index (χ1) is 13.7. The minimum atomic E-state index is -0.231. The van der Waals surface area contributed by atoms with Gasteiger partial charge in [0.2, 0.25) is 0 Å². The Labute approximate surface area is 172 Å². The summed E-state index contributed by atoms with van der Waals surface area (Å²) >= 11 is 5.77. The van der Waals surface area contributed by atoms with Crippen molar-refractivity contribution in [1.29, 1.82) is 0 Å². The topological polar surface area (TPSA) is 0 Å². The Morgan fingerprint density at radius 2 is 0.857 bits per heavy atom. The van der Waals surface area contributed by atoms with Gasteiger partial charge in [0.15, 0.2) is 10.3 Å². The fourth-order valence-corrected chi connectivity index (χ4v) is 8.07. The molecule has 134 valence electrons. The largest absolute Gasteiger partial charge is 0.195 e. The van der Waals surface area contributed by atoms with Crippen LogP contribution in [0.25, 0.3) is 61.9 Å². The van der Waals surface area contributed by atoms with E-state index in [1.807, 2.05) is 0 Å². The highest BCUT2D eigenvalue weighted by Gasteiger charge is 2.18. The van der Waals surface area contributed by atoms with Crippen LogP contribution in [0.15, 0.2) is 47.2 Å². The van der Waals surface area contributed by atoms with Crippen molar-refractivity contribution in [3.05, 3.63) is 57.4 Å². The third-order valence-corrected chi connectivity index (χ3v) is 9.26. The molecule has 7 rings (SSSR count). The summed E-state index contributed by atoms with van der Waals surface area (Å²) in [5.74, 6) is 0. The third-order valence-electron chi connectivity index (χ3n) is 5.45. The van der Waals surface area contributed by atoms with Crippen molar-refractivity contribution in [1.82, 2.24) is 0 Å². The van der Waals surface area contributed by atoms with Crippen LogP contribution < -0.4 is 0 Å². The lowest BCUT2D eigenvalue weighted by molar-refractivity contribution is 0.657. The molecule has 0 aliphatic carbocycles. The highest BCUT2D eigenvalue weighted by molar-refractivity contribution is 7.22. The van der Waals surface area contributed by atoms with Gasteiger partial charge in [-0.3, -0.25) is 0 Å². The molecule has 7 aromatic rings. The Hall–Kier alpha value is -2.12. The fourth-order valence-electron chi connectivity index (χ4n) is 4.33. The summed E-state index contributed by atoms with van der Waals surface area (Å²) in [5.41, 5.74) is 0. The Morgan fingerprint density at radius 3 is 1.32 bits per heavy atom. The number of halogens is 2. The summed E-state index contributed by atoms with van der Waals surface area (Å²) in [6.07, 6.45) is 0. The monoisotopic (exact) mass is 438 g/mol. The van der Waals surface area contributed by atoms with Crippen molar-refractivity contribution in [2.75, 3.05) is 0 Å². The zero-order chi connectivity index (χ0) is 18.6. The van der Waals surface area contributed by atoms with Crippen molar-refractivity contribution in [2.24, 2.45) is 0 Å². The third kappa shape index (κ3) is 1.86. The number of fused-ring (bicyclic) bond motifs is 12. The molecular weight excluding hydrogens is 431 g/mol. The lowest BCUT2D eigenvalue weighted by Crippen LogP contribution is -1.80. The quantitative estimate of drug-likeness (QED) is 0.207. The molecule has 0 saturated heterocycles. The molecule has 4 heterocycles. The Kier molecular flexibility index (Phi) is 2.97. The molecule has 0 fully saturated rings. The van der Waals surface area contributed by atoms with Crippen molar-refractivity contribution in [3.8, 4) is 0 Å². The Morgan fingerprint density at radius 1 is 0.464 bits per heavy atom. The molecule has 0 atom stereocenters. The molecule has 3 aromatic carbocycles. The first-order valence-electron chi connectivity index (χ1n) is 8.63. The lowest BCUT2D eigenvalue weighted by atomic mass is 9.98. The summed E-state index contributed by atoms with van der Waals surface area (Å²) in [7, 11) is 0. The van der Waals surface area contributed by atoms with Gasteiger partial charge in [-0.05, 0) is 47.2 Å². The van der Waals surface area contributed by atoms with E-state index in [4.69, 9.17) is 0 Å². The average Bonchev–Trinajstić information content (AvgIpc) is 3.44. The maximum absolute atomic E-state index is 14.2. The van der Waals surface area contributed by atoms with E-state index in [0.717, 1.165) is 53.6 Å². The molecule has 28 heavy (non-hydrogen) atoms. The number of benzene rings is 3. The molecule has 0 saturated carbocycles. The normalized spacial score (nSPS) is 12.6. The maximum Gasteiger partial charge on any atom is 0.177 e. The molecule has 0 bridgehead atoms. The predicted molar refractivity (Wildman–Crippen MR) is 123 cm³/mol. The summed E-state index contributed by atoms with van der Waals surface area (Å²) in [6.45, 7) is 0. The van der Waals surface area contributed by atoms with Crippen LogP contribution >= 0.6 is 45.3 Å². The molecule has 0 N–H and O–H groups in total. The van der Waals surface area contributed by atoms with Crippen molar-refractivity contribution in [3.63, 3.8) is 0 Å². The van der Waals surface area contributed by atoms with Crippen LogP contribution in [0.5, 0.6) is 0 Å². The van der Waals surface area contributed by atoms with Gasteiger partial charge in [0.25, 0.3) is 0 Å². The molecule has 4 aromatic heterocycles. The van der Waals surface area contributed by atoms with Crippen LogP contribution in [0.1, 0.15) is 0 Å².